The second-order valence-electron chi connectivity index (χ2n) is 4.68. The maximum atomic E-state index is 11.9. The van der Waals surface area contributed by atoms with Gasteiger partial charge < -0.3 is 14.8 Å². The van der Waals surface area contributed by atoms with Gasteiger partial charge in [0.1, 0.15) is 0 Å². The summed E-state index contributed by atoms with van der Waals surface area (Å²) < 4.78 is 10.0. The molecule has 110 valence electrons. The van der Waals surface area contributed by atoms with E-state index in [1.54, 1.807) is 39.2 Å². The molecule has 5 heteroatoms. The molecule has 0 aliphatic carbocycles. The normalized spacial score (nSPS) is 10.4. The Morgan fingerprint density at radius 2 is 2.05 bits per heavy atom. The monoisotopic (exact) mass is 279 g/mol. The van der Waals surface area contributed by atoms with E-state index in [4.69, 9.17) is 9.47 Å². The molecule has 20 heavy (non-hydrogen) atoms. The van der Waals surface area contributed by atoms with Crippen LogP contribution in [0.15, 0.2) is 24.3 Å². The quantitative estimate of drug-likeness (QED) is 0.774. The van der Waals surface area contributed by atoms with E-state index in [1.165, 1.54) is 0 Å². The van der Waals surface area contributed by atoms with Crippen LogP contribution >= 0.6 is 0 Å². The first-order valence-corrected chi connectivity index (χ1v) is 6.58. The molecule has 0 unspecified atom stereocenters. The highest BCUT2D eigenvalue weighted by Gasteiger charge is 2.09. The molecule has 5 nitrogen and oxygen atoms in total. The molecule has 0 heterocycles. The molecule has 1 aromatic rings. The SMILES string of the molecule is COCc1cccc(C(=O)NCCC(=O)OC(C)C)c1. The first-order valence-electron chi connectivity index (χ1n) is 6.58. The van der Waals surface area contributed by atoms with E-state index >= 15 is 0 Å². The van der Waals surface area contributed by atoms with Crippen LogP contribution in [0, 0.1) is 0 Å². The predicted molar refractivity (Wildman–Crippen MR) is 75.3 cm³/mol. The van der Waals surface area contributed by atoms with E-state index < -0.39 is 0 Å². The number of benzene rings is 1. The van der Waals surface area contributed by atoms with E-state index in [9.17, 15) is 9.59 Å². The summed E-state index contributed by atoms with van der Waals surface area (Å²) in [5.41, 5.74) is 1.48. The zero-order valence-corrected chi connectivity index (χ0v) is 12.1. The van der Waals surface area contributed by atoms with Gasteiger partial charge in [0.05, 0.1) is 19.1 Å². The summed E-state index contributed by atoms with van der Waals surface area (Å²) in [5, 5.41) is 2.69. The number of esters is 1. The number of nitrogens with one attached hydrogen (secondary N) is 1. The van der Waals surface area contributed by atoms with Gasteiger partial charge in [-0.15, -0.1) is 0 Å². The number of hydrogen-bond acceptors (Lipinski definition) is 4. The highest BCUT2D eigenvalue weighted by Crippen LogP contribution is 2.06. The molecule has 0 saturated heterocycles. The van der Waals surface area contributed by atoms with Crippen molar-refractivity contribution in [1.82, 2.24) is 5.32 Å². The average molecular weight is 279 g/mol. The van der Waals surface area contributed by atoms with E-state index in [0.717, 1.165) is 5.56 Å². The van der Waals surface area contributed by atoms with Crippen molar-refractivity contribution in [3.63, 3.8) is 0 Å². The van der Waals surface area contributed by atoms with Gasteiger partial charge in [-0.2, -0.15) is 0 Å². The van der Waals surface area contributed by atoms with Crippen LogP contribution in [0.25, 0.3) is 0 Å². The van der Waals surface area contributed by atoms with Gasteiger partial charge in [0.15, 0.2) is 0 Å². The number of methoxy groups -OCH3 is 1. The molecule has 0 bridgehead atoms. The van der Waals surface area contributed by atoms with E-state index in [1.807, 2.05) is 6.07 Å². The van der Waals surface area contributed by atoms with Crippen molar-refractivity contribution in [3.05, 3.63) is 35.4 Å². The molecule has 1 amide bonds. The van der Waals surface area contributed by atoms with E-state index in [-0.39, 0.29) is 30.9 Å². The Hall–Kier alpha value is -1.88. The van der Waals surface area contributed by atoms with Gasteiger partial charge in [0, 0.05) is 19.2 Å². The molecule has 0 aliphatic heterocycles. The largest absolute Gasteiger partial charge is 0.463 e. The first kappa shape index (κ1) is 16.2. The minimum Gasteiger partial charge on any atom is -0.463 e. The number of carbonyl (C=O) groups excluding carboxylic acids is 2. The fourth-order valence-corrected chi connectivity index (χ4v) is 1.67. The first-order chi connectivity index (χ1) is 9.52. The molecule has 1 aromatic carbocycles. The molecular formula is C15H21NO4. The highest BCUT2D eigenvalue weighted by atomic mass is 16.5. The lowest BCUT2D eigenvalue weighted by molar-refractivity contribution is -0.147. The average Bonchev–Trinajstić information content (AvgIpc) is 2.38. The molecule has 0 atom stereocenters. The second kappa shape index (κ2) is 8.32. The molecule has 1 N–H and O–H groups in total. The third-order valence-electron chi connectivity index (χ3n) is 2.48. The van der Waals surface area contributed by atoms with Gasteiger partial charge in [-0.3, -0.25) is 9.59 Å². The zero-order chi connectivity index (χ0) is 15.0. The van der Waals surface area contributed by atoms with Crippen LogP contribution in [0.4, 0.5) is 0 Å². The number of amides is 1. The Balaban J connectivity index is 2.43. The lowest BCUT2D eigenvalue weighted by Gasteiger charge is -2.09. The Labute approximate surface area is 119 Å². The zero-order valence-electron chi connectivity index (χ0n) is 12.1. The Bertz CT molecular complexity index is 457. The molecule has 0 fully saturated rings. The number of carbonyl (C=O) groups is 2. The number of ether oxygens (including phenoxy) is 2. The van der Waals surface area contributed by atoms with Crippen LogP contribution < -0.4 is 5.32 Å². The van der Waals surface area contributed by atoms with Gasteiger partial charge in [-0.1, -0.05) is 12.1 Å². The van der Waals surface area contributed by atoms with Crippen molar-refractivity contribution in [2.24, 2.45) is 0 Å². The number of rotatable bonds is 7. The van der Waals surface area contributed by atoms with Crippen LogP contribution in [0.2, 0.25) is 0 Å². The summed E-state index contributed by atoms with van der Waals surface area (Å²) in [7, 11) is 1.60. The minimum atomic E-state index is -0.312. The van der Waals surface area contributed by atoms with Crippen molar-refractivity contribution >= 4 is 11.9 Å². The molecule has 1 rings (SSSR count). The summed E-state index contributed by atoms with van der Waals surface area (Å²) >= 11 is 0. The van der Waals surface area contributed by atoms with Crippen LogP contribution in [-0.2, 0) is 20.9 Å². The summed E-state index contributed by atoms with van der Waals surface area (Å²) in [6.07, 6.45) is 0.0331. The highest BCUT2D eigenvalue weighted by molar-refractivity contribution is 5.94. The fraction of sp³-hybridized carbons (Fsp3) is 0.467. The third kappa shape index (κ3) is 5.84. The van der Waals surface area contributed by atoms with Crippen molar-refractivity contribution in [3.8, 4) is 0 Å². The fourth-order valence-electron chi connectivity index (χ4n) is 1.67. The van der Waals surface area contributed by atoms with Gasteiger partial charge in [0.2, 0.25) is 0 Å². The Morgan fingerprint density at radius 3 is 2.70 bits per heavy atom. The van der Waals surface area contributed by atoms with Gasteiger partial charge in [-0.25, -0.2) is 0 Å². The maximum Gasteiger partial charge on any atom is 0.307 e. The molecule has 0 spiro atoms. The smallest absolute Gasteiger partial charge is 0.307 e. The van der Waals surface area contributed by atoms with Crippen molar-refractivity contribution < 1.29 is 19.1 Å². The topological polar surface area (TPSA) is 64.6 Å². The Morgan fingerprint density at radius 1 is 1.30 bits per heavy atom. The van der Waals surface area contributed by atoms with Crippen LogP contribution in [0.3, 0.4) is 0 Å². The maximum absolute atomic E-state index is 11.9. The third-order valence-corrected chi connectivity index (χ3v) is 2.48. The lowest BCUT2D eigenvalue weighted by Crippen LogP contribution is -2.27. The molecule has 0 radical (unpaired) electrons. The van der Waals surface area contributed by atoms with Crippen LogP contribution in [0.5, 0.6) is 0 Å². The van der Waals surface area contributed by atoms with Crippen LogP contribution in [-0.4, -0.2) is 31.6 Å². The lowest BCUT2D eigenvalue weighted by atomic mass is 10.1. The van der Waals surface area contributed by atoms with E-state index in [2.05, 4.69) is 5.32 Å². The molecule has 0 saturated carbocycles. The summed E-state index contributed by atoms with van der Waals surface area (Å²) in [6, 6.07) is 7.18. The summed E-state index contributed by atoms with van der Waals surface area (Å²) in [4.78, 5) is 23.2. The van der Waals surface area contributed by atoms with Crippen molar-refractivity contribution in [2.75, 3.05) is 13.7 Å². The van der Waals surface area contributed by atoms with Crippen molar-refractivity contribution in [1.29, 1.82) is 0 Å². The summed E-state index contributed by atoms with van der Waals surface area (Å²) in [6.45, 7) is 4.30. The van der Waals surface area contributed by atoms with Gasteiger partial charge in [-0.05, 0) is 31.5 Å². The van der Waals surface area contributed by atoms with Gasteiger partial charge in [0.25, 0.3) is 5.91 Å². The second-order valence-corrected chi connectivity index (χ2v) is 4.68. The van der Waals surface area contributed by atoms with E-state index in [0.29, 0.717) is 12.2 Å². The van der Waals surface area contributed by atoms with Crippen LogP contribution in [0.1, 0.15) is 36.2 Å². The number of hydrogen-bond donors (Lipinski definition) is 1. The molecule has 0 aromatic heterocycles. The Kier molecular flexibility index (Phi) is 6.73. The standard InChI is InChI=1S/C15H21NO4/c1-11(2)20-14(17)7-8-16-15(18)13-6-4-5-12(9-13)10-19-3/h4-6,9,11H,7-8,10H2,1-3H3,(H,16,18). The summed E-state index contributed by atoms with van der Waals surface area (Å²) in [5.74, 6) is -0.520. The molecule has 0 aliphatic rings. The molecular weight excluding hydrogens is 258 g/mol. The van der Waals surface area contributed by atoms with Gasteiger partial charge >= 0.3 is 5.97 Å². The van der Waals surface area contributed by atoms with Crippen molar-refractivity contribution in [2.45, 2.75) is 33.0 Å². The predicted octanol–water partition coefficient (Wildman–Crippen LogP) is 1.90. The minimum absolute atomic E-state index is 0.135.